The summed E-state index contributed by atoms with van der Waals surface area (Å²) >= 11 is 0. The second-order valence-corrected chi connectivity index (χ2v) is 9.03. The summed E-state index contributed by atoms with van der Waals surface area (Å²) in [6.07, 6.45) is -11.8. The molecule has 1 saturated heterocycles. The molecule has 0 aliphatic carbocycles. The fourth-order valence-electron chi connectivity index (χ4n) is 4.14. The first-order valence-corrected chi connectivity index (χ1v) is 11.1. The third-order valence-electron chi connectivity index (χ3n) is 6.29. The number of amides is 2. The average molecular weight is 584 g/mol. The first-order chi connectivity index (χ1) is 18.3. The Balaban J connectivity index is 1.66. The number of carbonyl (C=O) groups is 2. The highest BCUT2D eigenvalue weighted by molar-refractivity contribution is 5.96. The number of nitrogens with one attached hydrogen (secondary N) is 1. The van der Waals surface area contributed by atoms with Gasteiger partial charge in [-0.2, -0.15) is 31.4 Å². The van der Waals surface area contributed by atoms with Crippen molar-refractivity contribution in [3.8, 4) is 11.3 Å². The Bertz CT molecular complexity index is 1500. The van der Waals surface area contributed by atoms with Gasteiger partial charge < -0.3 is 21.1 Å². The zero-order chi connectivity index (χ0) is 29.9. The number of carbonyl (C=O) groups excluding carboxylic acids is 2. The van der Waals surface area contributed by atoms with Crippen LogP contribution in [0, 0.1) is 11.6 Å². The lowest BCUT2D eigenvalue weighted by Crippen LogP contribution is -2.56. The molecule has 1 aromatic carbocycles. The number of nitrogens with zero attached hydrogens (tertiary/aromatic N) is 4. The number of nitrogens with two attached hydrogens (primary N) is 1. The van der Waals surface area contributed by atoms with Gasteiger partial charge in [-0.1, -0.05) is 0 Å². The number of fused-ring (bicyclic) bond motifs is 1. The van der Waals surface area contributed by atoms with Crippen LogP contribution in [0.5, 0.6) is 0 Å². The van der Waals surface area contributed by atoms with Crippen LogP contribution >= 0.6 is 0 Å². The maximum atomic E-state index is 14.8. The van der Waals surface area contributed by atoms with Gasteiger partial charge in [-0.25, -0.2) is 22.7 Å². The van der Waals surface area contributed by atoms with Crippen molar-refractivity contribution >= 4 is 23.1 Å². The molecule has 3 atom stereocenters. The Morgan fingerprint density at radius 2 is 1.73 bits per heavy atom. The molecule has 18 heteroatoms. The largest absolute Gasteiger partial charge is 0.426 e. The van der Waals surface area contributed by atoms with Gasteiger partial charge in [0.1, 0.15) is 29.7 Å². The SMILES string of the molecule is C[C@@](O)(C(=O)N1C[C@H](F)[C@H](NC(=O)c2cc(-c3cc(C(F)(F)F)c4c(N)ncnn34)c(F)cc2F)C1)C(F)(F)F. The molecule has 216 valence electrons. The number of benzene rings is 1. The molecule has 4 rings (SSSR count). The number of hydrogen-bond donors (Lipinski definition) is 3. The number of rotatable bonds is 4. The molecule has 0 radical (unpaired) electrons. The number of anilines is 1. The van der Waals surface area contributed by atoms with Gasteiger partial charge in [-0.3, -0.25) is 9.59 Å². The molecule has 3 heterocycles. The lowest BCUT2D eigenvalue weighted by molar-refractivity contribution is -0.249. The quantitative estimate of drug-likeness (QED) is 0.405. The van der Waals surface area contributed by atoms with Gasteiger partial charge in [0.2, 0.25) is 5.60 Å². The molecule has 40 heavy (non-hydrogen) atoms. The summed E-state index contributed by atoms with van der Waals surface area (Å²) in [4.78, 5) is 28.7. The van der Waals surface area contributed by atoms with Crippen LogP contribution < -0.4 is 11.1 Å². The Hall–Kier alpha value is -4.09. The number of likely N-dealkylation sites (tertiary alicyclic amines) is 1. The average Bonchev–Trinajstić information content (AvgIpc) is 3.39. The molecule has 9 nitrogen and oxygen atoms in total. The minimum absolute atomic E-state index is 0.165. The summed E-state index contributed by atoms with van der Waals surface area (Å²) in [7, 11) is 0. The minimum Gasteiger partial charge on any atom is -0.382 e. The van der Waals surface area contributed by atoms with Crippen LogP contribution in [0.2, 0.25) is 0 Å². The van der Waals surface area contributed by atoms with E-state index in [2.05, 4.69) is 10.1 Å². The second-order valence-electron chi connectivity index (χ2n) is 9.03. The van der Waals surface area contributed by atoms with Crippen molar-refractivity contribution in [2.45, 2.75) is 37.1 Å². The van der Waals surface area contributed by atoms with E-state index in [9.17, 15) is 54.2 Å². The second kappa shape index (κ2) is 9.53. The number of aliphatic hydroxyl groups is 1. The van der Waals surface area contributed by atoms with Crippen LogP contribution in [0.1, 0.15) is 22.8 Å². The van der Waals surface area contributed by atoms with Gasteiger partial charge in [0.05, 0.1) is 29.4 Å². The predicted octanol–water partition coefficient (Wildman–Crippen LogP) is 2.87. The third kappa shape index (κ3) is 4.86. The van der Waals surface area contributed by atoms with E-state index in [1.807, 2.05) is 5.32 Å². The summed E-state index contributed by atoms with van der Waals surface area (Å²) < 4.78 is 124. The highest BCUT2D eigenvalue weighted by Crippen LogP contribution is 2.39. The summed E-state index contributed by atoms with van der Waals surface area (Å²) in [5, 5.41) is 15.1. The highest BCUT2D eigenvalue weighted by Gasteiger charge is 2.58. The Labute approximate surface area is 217 Å². The standard InChI is InChI=1S/C22H17F9N6O3/c1-20(40,22(29,30)31)19(39)36-5-13(25)14(6-36)35-18(38)9-2-8(11(23)4-12(9)24)15-3-10(21(26,27)28)16-17(32)33-7-34-37(15)16/h2-4,7,13-14,40H,5-6H2,1H3,(H,35,38)(H2,32,33,34)/t13-,14+,20+/m0/s1. The smallest absolute Gasteiger partial charge is 0.382 e. The normalized spacial score (nSPS) is 19.6. The number of aromatic nitrogens is 3. The van der Waals surface area contributed by atoms with E-state index < -0.39 is 100 Å². The van der Waals surface area contributed by atoms with Gasteiger partial charge in [-0.05, 0) is 19.1 Å². The molecule has 1 aliphatic heterocycles. The summed E-state index contributed by atoms with van der Waals surface area (Å²) in [6.45, 7) is -1.63. The van der Waals surface area contributed by atoms with Gasteiger partial charge in [0, 0.05) is 18.2 Å². The van der Waals surface area contributed by atoms with Crippen molar-refractivity contribution in [1.29, 1.82) is 0 Å². The first-order valence-electron chi connectivity index (χ1n) is 11.1. The molecule has 0 spiro atoms. The van der Waals surface area contributed by atoms with E-state index in [0.717, 1.165) is 6.33 Å². The Kier molecular flexibility index (Phi) is 6.89. The van der Waals surface area contributed by atoms with E-state index >= 15 is 0 Å². The fraction of sp³-hybridized carbons (Fsp3) is 0.364. The lowest BCUT2D eigenvalue weighted by atomic mass is 10.0. The van der Waals surface area contributed by atoms with Crippen molar-refractivity contribution < 1.29 is 54.2 Å². The van der Waals surface area contributed by atoms with Crippen molar-refractivity contribution in [3.05, 3.63) is 47.3 Å². The fourth-order valence-corrected chi connectivity index (χ4v) is 4.14. The van der Waals surface area contributed by atoms with Crippen LogP contribution in [0.4, 0.5) is 45.3 Å². The molecule has 2 aromatic heterocycles. The topological polar surface area (TPSA) is 126 Å². The number of alkyl halides is 7. The van der Waals surface area contributed by atoms with Crippen molar-refractivity contribution in [2.24, 2.45) is 0 Å². The van der Waals surface area contributed by atoms with Crippen molar-refractivity contribution in [3.63, 3.8) is 0 Å². The maximum Gasteiger partial charge on any atom is 0.426 e. The minimum atomic E-state index is -5.39. The van der Waals surface area contributed by atoms with Gasteiger partial charge >= 0.3 is 12.4 Å². The first kappa shape index (κ1) is 28.9. The van der Waals surface area contributed by atoms with E-state index in [0.29, 0.717) is 21.5 Å². The van der Waals surface area contributed by atoms with Crippen LogP contribution in [-0.4, -0.2) is 73.5 Å². The van der Waals surface area contributed by atoms with Crippen molar-refractivity contribution in [1.82, 2.24) is 24.8 Å². The monoisotopic (exact) mass is 584 g/mol. The lowest BCUT2D eigenvalue weighted by Gasteiger charge is -2.29. The molecule has 2 amide bonds. The van der Waals surface area contributed by atoms with Crippen LogP contribution in [0.3, 0.4) is 0 Å². The molecule has 4 N–H and O–H groups in total. The van der Waals surface area contributed by atoms with Gasteiger partial charge in [0.15, 0.2) is 5.82 Å². The number of nitrogen functional groups attached to an aromatic ring is 1. The van der Waals surface area contributed by atoms with Crippen molar-refractivity contribution in [2.75, 3.05) is 18.8 Å². The maximum absolute atomic E-state index is 14.8. The summed E-state index contributed by atoms with van der Waals surface area (Å²) in [5.74, 6) is -6.85. The number of hydrogen-bond acceptors (Lipinski definition) is 6. The summed E-state index contributed by atoms with van der Waals surface area (Å²) in [6, 6.07) is -0.519. The molecule has 1 fully saturated rings. The zero-order valence-electron chi connectivity index (χ0n) is 19.9. The zero-order valence-corrected chi connectivity index (χ0v) is 19.9. The van der Waals surface area contributed by atoms with E-state index in [1.165, 1.54) is 0 Å². The van der Waals surface area contributed by atoms with Gasteiger partial charge in [-0.15, -0.1) is 0 Å². The van der Waals surface area contributed by atoms with E-state index in [1.54, 1.807) is 0 Å². The third-order valence-corrected chi connectivity index (χ3v) is 6.29. The molecular formula is C22H17F9N6O3. The number of halogens is 9. The van der Waals surface area contributed by atoms with Crippen LogP contribution in [0.15, 0.2) is 24.5 Å². The molecule has 0 bridgehead atoms. The van der Waals surface area contributed by atoms with Crippen LogP contribution in [-0.2, 0) is 11.0 Å². The molecule has 3 aromatic rings. The highest BCUT2D eigenvalue weighted by atomic mass is 19.4. The Morgan fingerprint density at radius 1 is 1.07 bits per heavy atom. The van der Waals surface area contributed by atoms with E-state index in [4.69, 9.17) is 5.73 Å². The molecule has 0 unspecified atom stereocenters. The molecule has 1 aliphatic rings. The summed E-state index contributed by atoms with van der Waals surface area (Å²) in [5.41, 5.74) is -2.73. The molecule has 0 saturated carbocycles. The Morgan fingerprint density at radius 3 is 2.33 bits per heavy atom. The van der Waals surface area contributed by atoms with Gasteiger partial charge in [0.25, 0.3) is 11.8 Å². The van der Waals surface area contributed by atoms with E-state index in [-0.39, 0.29) is 13.0 Å². The predicted molar refractivity (Wildman–Crippen MR) is 117 cm³/mol. The molecular weight excluding hydrogens is 567 g/mol. The van der Waals surface area contributed by atoms with Crippen LogP contribution in [0.25, 0.3) is 16.8 Å².